The molecule has 0 fully saturated rings. The summed E-state index contributed by atoms with van der Waals surface area (Å²) in [6.07, 6.45) is 3.68. The van der Waals surface area contributed by atoms with Crippen LogP contribution >= 0.6 is 0 Å². The maximum Gasteiger partial charge on any atom is 0.0940 e. The number of nitrogens with zero attached hydrogens (tertiary/aromatic N) is 2. The van der Waals surface area contributed by atoms with Crippen LogP contribution in [-0.4, -0.2) is 9.97 Å². The summed E-state index contributed by atoms with van der Waals surface area (Å²) in [7, 11) is 0. The Labute approximate surface area is 124 Å². The normalized spacial score (nSPS) is 11.9. The molecule has 0 saturated carbocycles. The molecule has 2 heterocycles. The van der Waals surface area contributed by atoms with Gasteiger partial charge in [0, 0.05) is 11.9 Å². The summed E-state index contributed by atoms with van der Waals surface area (Å²) in [6, 6.07) is 20.3. The maximum absolute atomic E-state index is 4.49. The molecule has 0 bridgehead atoms. The molecule has 2 aromatic heterocycles. The van der Waals surface area contributed by atoms with Crippen molar-refractivity contribution in [2.24, 2.45) is 0 Å². The SMILES string of the molecule is Cc1ccc(NC(c2ccccc2)c2ccccn2)cn1. The molecule has 0 aliphatic heterocycles. The van der Waals surface area contributed by atoms with E-state index >= 15 is 0 Å². The summed E-state index contributed by atoms with van der Waals surface area (Å²) in [6.45, 7) is 1.98. The molecular weight excluding hydrogens is 258 g/mol. The lowest BCUT2D eigenvalue weighted by Gasteiger charge is -2.20. The number of pyridine rings is 2. The first-order valence-corrected chi connectivity index (χ1v) is 6.98. The molecule has 1 atom stereocenters. The van der Waals surface area contributed by atoms with Crippen LogP contribution in [0.2, 0.25) is 0 Å². The molecule has 3 rings (SSSR count). The van der Waals surface area contributed by atoms with E-state index < -0.39 is 0 Å². The van der Waals surface area contributed by atoms with Gasteiger partial charge in [0.15, 0.2) is 0 Å². The molecule has 0 radical (unpaired) electrons. The van der Waals surface area contributed by atoms with Gasteiger partial charge >= 0.3 is 0 Å². The van der Waals surface area contributed by atoms with E-state index in [1.807, 2.05) is 67.8 Å². The van der Waals surface area contributed by atoms with Gasteiger partial charge in [0.2, 0.25) is 0 Å². The van der Waals surface area contributed by atoms with Gasteiger partial charge in [0.1, 0.15) is 0 Å². The molecule has 1 aromatic carbocycles. The van der Waals surface area contributed by atoms with E-state index in [0.717, 1.165) is 17.1 Å². The molecule has 1 unspecified atom stereocenters. The molecule has 0 amide bonds. The summed E-state index contributed by atoms with van der Waals surface area (Å²) in [4.78, 5) is 8.82. The van der Waals surface area contributed by atoms with Crippen molar-refractivity contribution in [1.82, 2.24) is 9.97 Å². The van der Waals surface area contributed by atoms with Gasteiger partial charge in [-0.05, 0) is 36.8 Å². The van der Waals surface area contributed by atoms with Crippen LogP contribution in [0, 0.1) is 6.92 Å². The van der Waals surface area contributed by atoms with E-state index in [0.29, 0.717) is 0 Å². The van der Waals surface area contributed by atoms with Crippen LogP contribution in [0.15, 0.2) is 73.1 Å². The Balaban J connectivity index is 1.95. The predicted molar refractivity (Wildman–Crippen MR) is 85.1 cm³/mol. The second-order valence-electron chi connectivity index (χ2n) is 4.93. The van der Waals surface area contributed by atoms with Crippen LogP contribution < -0.4 is 5.32 Å². The minimum absolute atomic E-state index is 0.0110. The van der Waals surface area contributed by atoms with E-state index in [4.69, 9.17) is 0 Å². The predicted octanol–water partition coefficient (Wildman–Crippen LogP) is 3.99. The van der Waals surface area contributed by atoms with Gasteiger partial charge in [0.25, 0.3) is 0 Å². The molecule has 3 aromatic rings. The van der Waals surface area contributed by atoms with Gasteiger partial charge in [-0.15, -0.1) is 0 Å². The second kappa shape index (κ2) is 6.18. The van der Waals surface area contributed by atoms with E-state index in [9.17, 15) is 0 Å². The number of rotatable bonds is 4. The zero-order valence-corrected chi connectivity index (χ0v) is 11.9. The van der Waals surface area contributed by atoms with Crippen molar-refractivity contribution in [3.63, 3.8) is 0 Å². The van der Waals surface area contributed by atoms with Crippen molar-refractivity contribution < 1.29 is 0 Å². The molecular formula is C18H17N3. The van der Waals surface area contributed by atoms with Crippen LogP contribution in [0.1, 0.15) is 23.0 Å². The third kappa shape index (κ3) is 3.26. The van der Waals surface area contributed by atoms with Crippen molar-refractivity contribution in [3.05, 3.63) is 90.0 Å². The number of benzene rings is 1. The molecule has 3 heteroatoms. The number of nitrogens with one attached hydrogen (secondary N) is 1. The van der Waals surface area contributed by atoms with Gasteiger partial charge in [-0.1, -0.05) is 36.4 Å². The minimum atomic E-state index is 0.0110. The Morgan fingerprint density at radius 3 is 2.33 bits per heavy atom. The van der Waals surface area contributed by atoms with Gasteiger partial charge in [-0.2, -0.15) is 0 Å². The van der Waals surface area contributed by atoms with Crippen molar-refractivity contribution in [2.45, 2.75) is 13.0 Å². The zero-order valence-electron chi connectivity index (χ0n) is 11.9. The Hall–Kier alpha value is -2.68. The Morgan fingerprint density at radius 2 is 1.67 bits per heavy atom. The number of aromatic nitrogens is 2. The van der Waals surface area contributed by atoms with Gasteiger partial charge in [-0.3, -0.25) is 9.97 Å². The topological polar surface area (TPSA) is 37.8 Å². The average molecular weight is 275 g/mol. The van der Waals surface area contributed by atoms with Crippen molar-refractivity contribution in [2.75, 3.05) is 5.32 Å². The molecule has 0 spiro atoms. The summed E-state index contributed by atoms with van der Waals surface area (Å²) in [5, 5.41) is 3.51. The molecule has 0 aliphatic carbocycles. The molecule has 104 valence electrons. The highest BCUT2D eigenvalue weighted by molar-refractivity contribution is 5.46. The third-order valence-corrected chi connectivity index (χ3v) is 3.34. The highest BCUT2D eigenvalue weighted by Gasteiger charge is 2.14. The maximum atomic E-state index is 4.49. The highest BCUT2D eigenvalue weighted by atomic mass is 15.0. The van der Waals surface area contributed by atoms with Crippen LogP contribution in [0.4, 0.5) is 5.69 Å². The fourth-order valence-corrected chi connectivity index (χ4v) is 2.24. The summed E-state index contributed by atoms with van der Waals surface area (Å²) < 4.78 is 0. The smallest absolute Gasteiger partial charge is 0.0940 e. The number of hydrogen-bond acceptors (Lipinski definition) is 3. The van der Waals surface area contributed by atoms with Gasteiger partial charge < -0.3 is 5.32 Å². The van der Waals surface area contributed by atoms with E-state index in [1.54, 1.807) is 0 Å². The van der Waals surface area contributed by atoms with Crippen LogP contribution in [0.3, 0.4) is 0 Å². The summed E-state index contributed by atoms with van der Waals surface area (Å²) in [5.74, 6) is 0. The molecule has 3 nitrogen and oxygen atoms in total. The summed E-state index contributed by atoms with van der Waals surface area (Å²) >= 11 is 0. The van der Waals surface area contributed by atoms with E-state index in [2.05, 4.69) is 27.4 Å². The lowest BCUT2D eigenvalue weighted by molar-refractivity contribution is 0.885. The monoisotopic (exact) mass is 275 g/mol. The van der Waals surface area contributed by atoms with E-state index in [1.165, 1.54) is 5.56 Å². The lowest BCUT2D eigenvalue weighted by Crippen LogP contribution is -2.13. The zero-order chi connectivity index (χ0) is 14.5. The standard InChI is InChI=1S/C18H17N3/c1-14-10-11-16(13-20-14)21-18(15-7-3-2-4-8-15)17-9-5-6-12-19-17/h2-13,18,21H,1H3. The number of hydrogen-bond donors (Lipinski definition) is 1. The first-order valence-electron chi connectivity index (χ1n) is 6.98. The number of anilines is 1. The van der Waals surface area contributed by atoms with Gasteiger partial charge in [0.05, 0.1) is 23.6 Å². The first-order chi connectivity index (χ1) is 10.3. The highest BCUT2D eigenvalue weighted by Crippen LogP contribution is 2.24. The Morgan fingerprint density at radius 1 is 0.857 bits per heavy atom. The van der Waals surface area contributed by atoms with Crippen molar-refractivity contribution in [3.8, 4) is 0 Å². The third-order valence-electron chi connectivity index (χ3n) is 3.34. The number of aryl methyl sites for hydroxylation is 1. The van der Waals surface area contributed by atoms with Crippen molar-refractivity contribution in [1.29, 1.82) is 0 Å². The van der Waals surface area contributed by atoms with Crippen LogP contribution in [0.5, 0.6) is 0 Å². The van der Waals surface area contributed by atoms with Crippen LogP contribution in [-0.2, 0) is 0 Å². The Bertz CT molecular complexity index is 639. The molecule has 1 N–H and O–H groups in total. The first kappa shape index (κ1) is 13.3. The van der Waals surface area contributed by atoms with Crippen molar-refractivity contribution >= 4 is 5.69 Å². The quantitative estimate of drug-likeness (QED) is 0.782. The largest absolute Gasteiger partial charge is 0.372 e. The fraction of sp³-hybridized carbons (Fsp3) is 0.111. The summed E-state index contributed by atoms with van der Waals surface area (Å²) in [5.41, 5.74) is 4.16. The Kier molecular flexibility index (Phi) is 3.92. The van der Waals surface area contributed by atoms with E-state index in [-0.39, 0.29) is 6.04 Å². The fourth-order valence-electron chi connectivity index (χ4n) is 2.24. The minimum Gasteiger partial charge on any atom is -0.372 e. The molecule has 0 aliphatic rings. The average Bonchev–Trinajstić information content (AvgIpc) is 2.56. The second-order valence-corrected chi connectivity index (χ2v) is 4.93. The molecule has 0 saturated heterocycles. The molecule has 21 heavy (non-hydrogen) atoms. The van der Waals surface area contributed by atoms with Gasteiger partial charge in [-0.25, -0.2) is 0 Å². The lowest BCUT2D eigenvalue weighted by atomic mass is 10.0. The van der Waals surface area contributed by atoms with Crippen LogP contribution in [0.25, 0.3) is 0 Å².